The van der Waals surface area contributed by atoms with Gasteiger partial charge in [0.1, 0.15) is 0 Å². The molecule has 0 unspecified atom stereocenters. The summed E-state index contributed by atoms with van der Waals surface area (Å²) in [6.07, 6.45) is 0.305. The first kappa shape index (κ1) is 20.0. The Kier molecular flexibility index (Phi) is 6.29. The summed E-state index contributed by atoms with van der Waals surface area (Å²) in [4.78, 5) is 16.4. The number of benzene rings is 1. The van der Waals surface area contributed by atoms with Gasteiger partial charge in [-0.15, -0.1) is 0 Å². The number of hydrogen-bond donors (Lipinski definition) is 1. The number of carbonyl (C=O) groups is 1. The number of alkyl halides is 3. The highest BCUT2D eigenvalue weighted by Crippen LogP contribution is 2.31. The Morgan fingerprint density at radius 1 is 1.15 bits per heavy atom. The van der Waals surface area contributed by atoms with Gasteiger partial charge in [-0.05, 0) is 37.0 Å². The summed E-state index contributed by atoms with van der Waals surface area (Å²) in [6, 6.07) is 5.73. The Bertz CT molecular complexity index is 642. The average Bonchev–Trinajstić information content (AvgIpc) is 2.64. The van der Waals surface area contributed by atoms with Crippen molar-refractivity contribution in [1.29, 1.82) is 0 Å². The van der Waals surface area contributed by atoms with Crippen LogP contribution < -0.4 is 10.2 Å². The second-order valence-corrected chi connectivity index (χ2v) is 7.75. The fourth-order valence-electron chi connectivity index (χ4n) is 4.03. The van der Waals surface area contributed by atoms with Crippen molar-refractivity contribution in [2.24, 2.45) is 5.92 Å². The average molecular weight is 383 g/mol. The lowest BCUT2D eigenvalue weighted by atomic mass is 9.86. The minimum absolute atomic E-state index is 0.0567. The first-order valence-electron chi connectivity index (χ1n) is 9.77. The van der Waals surface area contributed by atoms with E-state index in [9.17, 15) is 18.0 Å². The quantitative estimate of drug-likeness (QED) is 0.864. The summed E-state index contributed by atoms with van der Waals surface area (Å²) in [5.41, 5.74) is -0.0339. The van der Waals surface area contributed by atoms with E-state index in [2.05, 4.69) is 17.1 Å². The van der Waals surface area contributed by atoms with Crippen molar-refractivity contribution < 1.29 is 18.0 Å². The number of rotatable bonds is 4. The fraction of sp³-hybridized carbons (Fsp3) is 0.650. The van der Waals surface area contributed by atoms with E-state index < -0.39 is 11.7 Å². The molecule has 2 fully saturated rings. The highest BCUT2D eigenvalue weighted by atomic mass is 19.4. The minimum Gasteiger partial charge on any atom is -0.369 e. The molecule has 2 atom stereocenters. The van der Waals surface area contributed by atoms with Crippen LogP contribution in [0.4, 0.5) is 18.9 Å². The van der Waals surface area contributed by atoms with Crippen molar-refractivity contribution in [1.82, 2.24) is 10.2 Å². The van der Waals surface area contributed by atoms with E-state index in [1.165, 1.54) is 31.4 Å². The molecule has 7 heteroatoms. The van der Waals surface area contributed by atoms with Crippen molar-refractivity contribution in [3.05, 3.63) is 29.8 Å². The van der Waals surface area contributed by atoms with Gasteiger partial charge in [-0.3, -0.25) is 9.69 Å². The highest BCUT2D eigenvalue weighted by molar-refractivity contribution is 5.78. The van der Waals surface area contributed by atoms with Crippen molar-refractivity contribution in [2.45, 2.75) is 44.8 Å². The number of halogens is 3. The van der Waals surface area contributed by atoms with Crippen LogP contribution in [0, 0.1) is 5.92 Å². The predicted octanol–water partition coefficient (Wildman–Crippen LogP) is 3.52. The molecule has 1 aliphatic heterocycles. The lowest BCUT2D eigenvalue weighted by Crippen LogP contribution is -2.51. The first-order chi connectivity index (χ1) is 12.8. The molecular formula is C20H28F3N3O. The first-order valence-corrected chi connectivity index (χ1v) is 9.77. The predicted molar refractivity (Wildman–Crippen MR) is 99.7 cm³/mol. The van der Waals surface area contributed by atoms with Crippen LogP contribution in [0.15, 0.2) is 24.3 Å². The summed E-state index contributed by atoms with van der Waals surface area (Å²) >= 11 is 0. The van der Waals surface area contributed by atoms with E-state index in [1.807, 2.05) is 4.90 Å². The number of anilines is 1. The SMILES string of the molecule is C[C@@H]1CCCC[C@@H]1NC(=O)CN1CCN(c2cccc(C(F)(F)F)c2)CC1. The monoisotopic (exact) mass is 383 g/mol. The molecule has 1 aliphatic carbocycles. The molecule has 1 amide bonds. The van der Waals surface area contributed by atoms with Crippen LogP contribution in [0.1, 0.15) is 38.2 Å². The van der Waals surface area contributed by atoms with Crippen LogP contribution >= 0.6 is 0 Å². The normalized spacial score (nSPS) is 24.7. The molecule has 1 aromatic carbocycles. The zero-order valence-corrected chi connectivity index (χ0v) is 15.8. The van der Waals surface area contributed by atoms with Crippen LogP contribution in [0.25, 0.3) is 0 Å². The molecule has 1 aromatic rings. The van der Waals surface area contributed by atoms with Gasteiger partial charge in [-0.25, -0.2) is 0 Å². The van der Waals surface area contributed by atoms with Gasteiger partial charge in [0.25, 0.3) is 0 Å². The number of amides is 1. The molecule has 1 saturated heterocycles. The lowest BCUT2D eigenvalue weighted by molar-refractivity contribution is -0.137. The molecule has 0 radical (unpaired) electrons. The van der Waals surface area contributed by atoms with E-state index >= 15 is 0 Å². The minimum atomic E-state index is -4.33. The number of nitrogens with one attached hydrogen (secondary N) is 1. The highest BCUT2D eigenvalue weighted by Gasteiger charge is 2.31. The molecule has 1 heterocycles. The van der Waals surface area contributed by atoms with Gasteiger partial charge in [0, 0.05) is 37.9 Å². The zero-order chi connectivity index (χ0) is 19.4. The van der Waals surface area contributed by atoms with E-state index in [0.717, 1.165) is 12.5 Å². The summed E-state index contributed by atoms with van der Waals surface area (Å²) in [7, 11) is 0. The topological polar surface area (TPSA) is 35.6 Å². The Morgan fingerprint density at radius 2 is 1.85 bits per heavy atom. The molecule has 0 aromatic heterocycles. The second-order valence-electron chi connectivity index (χ2n) is 7.75. The van der Waals surface area contributed by atoms with E-state index in [4.69, 9.17) is 0 Å². The molecule has 3 rings (SSSR count). The third-order valence-electron chi connectivity index (χ3n) is 5.74. The van der Waals surface area contributed by atoms with Gasteiger partial charge in [0.2, 0.25) is 5.91 Å². The van der Waals surface area contributed by atoms with Gasteiger partial charge in [-0.1, -0.05) is 25.8 Å². The van der Waals surface area contributed by atoms with E-state index in [0.29, 0.717) is 44.3 Å². The molecular weight excluding hydrogens is 355 g/mol. The fourth-order valence-corrected chi connectivity index (χ4v) is 4.03. The molecule has 1 saturated carbocycles. The Morgan fingerprint density at radius 3 is 2.52 bits per heavy atom. The van der Waals surface area contributed by atoms with E-state index in [-0.39, 0.29) is 11.9 Å². The molecule has 27 heavy (non-hydrogen) atoms. The van der Waals surface area contributed by atoms with E-state index in [1.54, 1.807) is 6.07 Å². The smallest absolute Gasteiger partial charge is 0.369 e. The molecule has 0 spiro atoms. The summed E-state index contributed by atoms with van der Waals surface area (Å²) in [5.74, 6) is 0.585. The largest absolute Gasteiger partial charge is 0.416 e. The van der Waals surface area contributed by atoms with Gasteiger partial charge in [0.15, 0.2) is 0 Å². The number of nitrogens with zero attached hydrogens (tertiary/aromatic N) is 2. The van der Waals surface area contributed by atoms with Crippen LogP contribution in [0.3, 0.4) is 0 Å². The van der Waals surface area contributed by atoms with Gasteiger partial charge < -0.3 is 10.2 Å². The molecule has 4 nitrogen and oxygen atoms in total. The maximum Gasteiger partial charge on any atom is 0.416 e. The van der Waals surface area contributed by atoms with Crippen molar-refractivity contribution in [2.75, 3.05) is 37.6 Å². The van der Waals surface area contributed by atoms with Crippen molar-refractivity contribution >= 4 is 11.6 Å². The zero-order valence-electron chi connectivity index (χ0n) is 15.8. The van der Waals surface area contributed by atoms with Crippen LogP contribution in [-0.4, -0.2) is 49.6 Å². The second kappa shape index (κ2) is 8.50. The Balaban J connectivity index is 1.48. The van der Waals surface area contributed by atoms with Gasteiger partial charge in [0.05, 0.1) is 12.1 Å². The molecule has 2 aliphatic rings. The van der Waals surface area contributed by atoms with Crippen LogP contribution in [-0.2, 0) is 11.0 Å². The summed E-state index contributed by atoms with van der Waals surface area (Å²) in [5, 5.41) is 3.16. The van der Waals surface area contributed by atoms with Crippen LogP contribution in [0.2, 0.25) is 0 Å². The lowest BCUT2D eigenvalue weighted by Gasteiger charge is -2.36. The Hall–Kier alpha value is -1.76. The van der Waals surface area contributed by atoms with Gasteiger partial charge >= 0.3 is 6.18 Å². The number of piperazine rings is 1. The third kappa shape index (κ3) is 5.37. The van der Waals surface area contributed by atoms with Crippen molar-refractivity contribution in [3.63, 3.8) is 0 Å². The summed E-state index contributed by atoms with van der Waals surface area (Å²) in [6.45, 7) is 5.13. The van der Waals surface area contributed by atoms with Gasteiger partial charge in [-0.2, -0.15) is 13.2 Å². The molecule has 0 bridgehead atoms. The van der Waals surface area contributed by atoms with Crippen molar-refractivity contribution in [3.8, 4) is 0 Å². The molecule has 150 valence electrons. The van der Waals surface area contributed by atoms with Crippen LogP contribution in [0.5, 0.6) is 0 Å². The standard InChI is InChI=1S/C20H28F3N3O/c1-15-5-2-3-8-18(15)24-19(27)14-25-9-11-26(12-10-25)17-7-4-6-16(13-17)20(21,22)23/h4,6-7,13,15,18H,2-3,5,8-12,14H2,1H3,(H,24,27)/t15-,18+/m1/s1. The number of hydrogen-bond acceptors (Lipinski definition) is 3. The summed E-state index contributed by atoms with van der Waals surface area (Å²) < 4.78 is 38.7. The maximum atomic E-state index is 12.9. The number of carbonyl (C=O) groups excluding carboxylic acids is 1. The Labute approximate surface area is 158 Å². The maximum absolute atomic E-state index is 12.9. The molecule has 1 N–H and O–H groups in total. The third-order valence-corrected chi connectivity index (χ3v) is 5.74.